The maximum Gasteiger partial charge on any atom is 0.416 e. The Morgan fingerprint density at radius 1 is 0.897 bits per heavy atom. The SMILES string of the molecule is O=S(=O)(c1ccc(C(F)(F)F)cc1)N(CCC1=CCCCCC1)c1ccccc1. The van der Waals surface area contributed by atoms with Gasteiger partial charge < -0.3 is 0 Å². The lowest BCUT2D eigenvalue weighted by molar-refractivity contribution is -0.137. The van der Waals surface area contributed by atoms with E-state index in [1.807, 2.05) is 0 Å². The fourth-order valence-corrected chi connectivity index (χ4v) is 4.94. The molecular weight excluding hydrogens is 399 g/mol. The van der Waals surface area contributed by atoms with Crippen LogP contribution in [0.15, 0.2) is 71.1 Å². The zero-order valence-corrected chi connectivity index (χ0v) is 16.8. The molecule has 0 atom stereocenters. The van der Waals surface area contributed by atoms with E-state index in [9.17, 15) is 21.6 Å². The smallest absolute Gasteiger partial charge is 0.266 e. The molecule has 3 rings (SSSR count). The van der Waals surface area contributed by atoms with Crippen LogP contribution in [0, 0.1) is 0 Å². The minimum atomic E-state index is -4.51. The van der Waals surface area contributed by atoms with Gasteiger partial charge in [-0.15, -0.1) is 0 Å². The molecule has 156 valence electrons. The highest BCUT2D eigenvalue weighted by Crippen LogP contribution is 2.31. The van der Waals surface area contributed by atoms with Gasteiger partial charge in [-0.25, -0.2) is 8.42 Å². The van der Waals surface area contributed by atoms with Crippen LogP contribution < -0.4 is 4.31 Å². The molecule has 0 unspecified atom stereocenters. The molecule has 0 aliphatic heterocycles. The van der Waals surface area contributed by atoms with Gasteiger partial charge in [0.25, 0.3) is 10.0 Å². The van der Waals surface area contributed by atoms with Gasteiger partial charge in [-0.2, -0.15) is 13.2 Å². The summed E-state index contributed by atoms with van der Waals surface area (Å²) < 4.78 is 66.3. The lowest BCUT2D eigenvalue weighted by Crippen LogP contribution is -2.32. The Hall–Kier alpha value is -2.28. The number of anilines is 1. The summed E-state index contributed by atoms with van der Waals surface area (Å²) in [7, 11) is -3.99. The van der Waals surface area contributed by atoms with Gasteiger partial charge in [0.1, 0.15) is 0 Å². The van der Waals surface area contributed by atoms with Gasteiger partial charge in [0, 0.05) is 6.54 Å². The largest absolute Gasteiger partial charge is 0.416 e. The molecule has 0 saturated heterocycles. The average molecular weight is 424 g/mol. The number of benzene rings is 2. The lowest BCUT2D eigenvalue weighted by atomic mass is 10.1. The van der Waals surface area contributed by atoms with Gasteiger partial charge in [-0.3, -0.25) is 4.31 Å². The first-order chi connectivity index (χ1) is 13.8. The summed E-state index contributed by atoms with van der Waals surface area (Å²) in [6, 6.07) is 12.4. The van der Waals surface area contributed by atoms with E-state index in [-0.39, 0.29) is 11.4 Å². The van der Waals surface area contributed by atoms with Crippen molar-refractivity contribution in [1.29, 1.82) is 0 Å². The van der Waals surface area contributed by atoms with Crippen molar-refractivity contribution in [2.45, 2.75) is 49.6 Å². The molecule has 0 fully saturated rings. The Balaban J connectivity index is 1.89. The van der Waals surface area contributed by atoms with E-state index in [2.05, 4.69) is 6.08 Å². The van der Waals surface area contributed by atoms with Crippen molar-refractivity contribution >= 4 is 15.7 Å². The molecule has 29 heavy (non-hydrogen) atoms. The molecule has 0 saturated carbocycles. The van der Waals surface area contributed by atoms with Crippen molar-refractivity contribution in [2.24, 2.45) is 0 Å². The van der Waals surface area contributed by atoms with Crippen molar-refractivity contribution in [1.82, 2.24) is 0 Å². The lowest BCUT2D eigenvalue weighted by Gasteiger charge is -2.25. The molecule has 0 spiro atoms. The van der Waals surface area contributed by atoms with Crippen molar-refractivity contribution in [3.8, 4) is 0 Å². The van der Waals surface area contributed by atoms with Gasteiger partial charge in [0.15, 0.2) is 0 Å². The van der Waals surface area contributed by atoms with Crippen molar-refractivity contribution in [3.05, 3.63) is 71.8 Å². The number of alkyl halides is 3. The number of rotatable bonds is 6. The third-order valence-corrected chi connectivity index (χ3v) is 6.93. The predicted molar refractivity (Wildman–Crippen MR) is 108 cm³/mol. The summed E-state index contributed by atoms with van der Waals surface area (Å²) in [4.78, 5) is -0.149. The van der Waals surface area contributed by atoms with Crippen LogP contribution in [0.5, 0.6) is 0 Å². The monoisotopic (exact) mass is 423 g/mol. The summed E-state index contributed by atoms with van der Waals surface area (Å²) in [6.07, 6.45) is 3.68. The number of hydrogen-bond donors (Lipinski definition) is 0. The summed E-state index contributed by atoms with van der Waals surface area (Å²) in [6.45, 7) is 0.249. The topological polar surface area (TPSA) is 37.4 Å². The van der Waals surface area contributed by atoms with Crippen LogP contribution in [0.4, 0.5) is 18.9 Å². The summed E-state index contributed by atoms with van der Waals surface area (Å²) >= 11 is 0. The van der Waals surface area contributed by atoms with Gasteiger partial charge >= 0.3 is 6.18 Å². The van der Waals surface area contributed by atoms with Gasteiger partial charge in [0.2, 0.25) is 0 Å². The maximum absolute atomic E-state index is 13.3. The summed E-state index contributed by atoms with van der Waals surface area (Å²) in [5.41, 5.74) is 0.874. The fraction of sp³-hybridized carbons (Fsp3) is 0.364. The Kier molecular flexibility index (Phi) is 6.67. The number of halogens is 3. The molecule has 2 aromatic carbocycles. The maximum atomic E-state index is 13.3. The second-order valence-electron chi connectivity index (χ2n) is 7.15. The zero-order chi connectivity index (χ0) is 20.9. The van der Waals surface area contributed by atoms with E-state index in [4.69, 9.17) is 0 Å². The molecule has 2 aromatic rings. The van der Waals surface area contributed by atoms with E-state index >= 15 is 0 Å². The normalized spacial score (nSPS) is 15.5. The van der Waals surface area contributed by atoms with Crippen LogP contribution in [0.1, 0.15) is 44.1 Å². The molecule has 0 radical (unpaired) electrons. The van der Waals surface area contributed by atoms with Crippen LogP contribution in [0.3, 0.4) is 0 Å². The minimum absolute atomic E-state index is 0.149. The number of allylic oxidation sites excluding steroid dienone is 1. The Labute approximate surface area is 169 Å². The van der Waals surface area contributed by atoms with E-state index in [1.54, 1.807) is 30.3 Å². The van der Waals surface area contributed by atoms with Gasteiger partial charge in [-0.1, -0.05) is 36.3 Å². The van der Waals surface area contributed by atoms with Gasteiger partial charge in [-0.05, 0) is 68.5 Å². The summed E-state index contributed by atoms with van der Waals surface area (Å²) in [5.74, 6) is 0. The molecule has 0 bridgehead atoms. The quantitative estimate of drug-likeness (QED) is 0.520. The van der Waals surface area contributed by atoms with Crippen molar-refractivity contribution < 1.29 is 21.6 Å². The highest BCUT2D eigenvalue weighted by atomic mass is 32.2. The minimum Gasteiger partial charge on any atom is -0.266 e. The molecule has 1 aliphatic rings. The Morgan fingerprint density at radius 2 is 1.59 bits per heavy atom. The number of nitrogens with zero attached hydrogens (tertiary/aromatic N) is 1. The van der Waals surface area contributed by atoms with Crippen LogP contribution in [0.2, 0.25) is 0 Å². The number of para-hydroxylation sites is 1. The predicted octanol–water partition coefficient (Wildman–Crippen LogP) is 6.18. The Morgan fingerprint density at radius 3 is 2.24 bits per heavy atom. The Bertz CT molecular complexity index is 936. The fourth-order valence-electron chi connectivity index (χ4n) is 3.48. The van der Waals surface area contributed by atoms with Crippen molar-refractivity contribution in [3.63, 3.8) is 0 Å². The number of hydrogen-bond acceptors (Lipinski definition) is 2. The molecule has 0 N–H and O–H groups in total. The first kappa shape index (κ1) is 21.4. The van der Waals surface area contributed by atoms with E-state index in [0.717, 1.165) is 49.9 Å². The molecular formula is C22H24F3NO2S. The third kappa shape index (κ3) is 5.41. The standard InChI is InChI=1S/C22H24F3NO2S/c23-22(24,25)19-12-14-21(15-13-19)29(27,28)26(20-10-6-3-7-11-20)17-16-18-8-4-1-2-5-9-18/h3,6-8,10-15H,1-2,4-5,9,16-17H2. The van der Waals surface area contributed by atoms with E-state index in [1.165, 1.54) is 16.3 Å². The van der Waals surface area contributed by atoms with Crippen molar-refractivity contribution in [2.75, 3.05) is 10.8 Å². The van der Waals surface area contributed by atoms with Crippen LogP contribution in [-0.4, -0.2) is 15.0 Å². The highest BCUT2D eigenvalue weighted by Gasteiger charge is 2.31. The average Bonchev–Trinajstić information content (AvgIpc) is 2.97. The molecule has 0 amide bonds. The van der Waals surface area contributed by atoms with Crippen LogP contribution in [0.25, 0.3) is 0 Å². The molecule has 0 heterocycles. The van der Waals surface area contributed by atoms with Gasteiger partial charge in [0.05, 0.1) is 16.1 Å². The van der Waals surface area contributed by atoms with E-state index in [0.29, 0.717) is 12.1 Å². The number of sulfonamides is 1. The molecule has 1 aliphatic carbocycles. The first-order valence-electron chi connectivity index (χ1n) is 9.71. The molecule has 7 heteroatoms. The highest BCUT2D eigenvalue weighted by molar-refractivity contribution is 7.92. The second kappa shape index (κ2) is 9.03. The van der Waals surface area contributed by atoms with E-state index < -0.39 is 21.8 Å². The van der Waals surface area contributed by atoms with Crippen LogP contribution >= 0.6 is 0 Å². The first-order valence-corrected chi connectivity index (χ1v) is 11.2. The summed E-state index contributed by atoms with van der Waals surface area (Å²) in [5, 5.41) is 0. The zero-order valence-electron chi connectivity index (χ0n) is 16.0. The second-order valence-corrected chi connectivity index (χ2v) is 9.01. The van der Waals surface area contributed by atoms with Crippen LogP contribution in [-0.2, 0) is 16.2 Å². The third-order valence-electron chi connectivity index (χ3n) is 5.08. The molecule has 0 aromatic heterocycles. The molecule has 3 nitrogen and oxygen atoms in total.